The van der Waals surface area contributed by atoms with Crippen molar-refractivity contribution < 1.29 is 13.9 Å². The molecule has 2 aliphatic rings. The molecule has 2 fully saturated rings. The lowest BCUT2D eigenvalue weighted by Crippen LogP contribution is -2.40. The summed E-state index contributed by atoms with van der Waals surface area (Å²) in [7, 11) is 0. The lowest BCUT2D eigenvalue weighted by molar-refractivity contribution is 0.00622. The molecule has 2 saturated heterocycles. The number of hydrogen-bond acceptors (Lipinski definition) is 5. The second kappa shape index (κ2) is 7.91. The first-order valence-electron chi connectivity index (χ1n) is 9.57. The van der Waals surface area contributed by atoms with Crippen molar-refractivity contribution >= 4 is 0 Å². The lowest BCUT2D eigenvalue weighted by atomic mass is 9.76. The van der Waals surface area contributed by atoms with E-state index in [0.29, 0.717) is 18.6 Å². The van der Waals surface area contributed by atoms with Crippen molar-refractivity contribution in [2.24, 2.45) is 5.41 Å². The maximum absolute atomic E-state index is 6.07. The maximum atomic E-state index is 6.07. The number of rotatable bonds is 6. The van der Waals surface area contributed by atoms with E-state index in [9.17, 15) is 0 Å². The third-order valence-corrected chi connectivity index (χ3v) is 5.70. The molecule has 0 aliphatic carbocycles. The van der Waals surface area contributed by atoms with Crippen molar-refractivity contribution in [1.82, 2.24) is 9.88 Å². The Kier molecular flexibility index (Phi) is 5.38. The predicted molar refractivity (Wildman–Crippen MR) is 98.6 cm³/mol. The Morgan fingerprint density at radius 2 is 2.00 bits per heavy atom. The van der Waals surface area contributed by atoms with Crippen LogP contribution in [0.1, 0.15) is 36.3 Å². The van der Waals surface area contributed by atoms with E-state index in [1.165, 1.54) is 12.8 Å². The minimum absolute atomic E-state index is 0.233. The van der Waals surface area contributed by atoms with Crippen molar-refractivity contribution in [3.8, 4) is 0 Å². The lowest BCUT2D eigenvalue weighted by Gasteiger charge is -2.38. The standard InChI is InChI=1S/C21H28N2O3/c1-17-2-3-19(26-17)13-23-10-6-21(7-11-23)12-20(25-16-21)15-24-14-18-4-8-22-9-5-18/h2-5,8-9,20H,6-7,10-16H2,1H3/t20-/m1/s1. The summed E-state index contributed by atoms with van der Waals surface area (Å²) < 4.78 is 17.6. The molecule has 2 aliphatic heterocycles. The van der Waals surface area contributed by atoms with Crippen LogP contribution in [-0.4, -0.2) is 42.3 Å². The summed E-state index contributed by atoms with van der Waals surface area (Å²) in [5, 5.41) is 0. The molecule has 1 spiro atoms. The van der Waals surface area contributed by atoms with E-state index in [1.54, 1.807) is 12.4 Å². The van der Waals surface area contributed by atoms with Crippen LogP contribution in [0.15, 0.2) is 41.1 Å². The van der Waals surface area contributed by atoms with Gasteiger partial charge in [-0.1, -0.05) is 0 Å². The number of hydrogen-bond donors (Lipinski definition) is 0. The summed E-state index contributed by atoms with van der Waals surface area (Å²) in [5.41, 5.74) is 1.51. The fraction of sp³-hybridized carbons (Fsp3) is 0.571. The molecule has 26 heavy (non-hydrogen) atoms. The summed E-state index contributed by atoms with van der Waals surface area (Å²) in [6.07, 6.45) is 7.36. The minimum atomic E-state index is 0.233. The highest BCUT2D eigenvalue weighted by atomic mass is 16.5. The Hall–Kier alpha value is -1.69. The number of furan rings is 1. The van der Waals surface area contributed by atoms with E-state index in [2.05, 4.69) is 16.0 Å². The van der Waals surface area contributed by atoms with Crippen molar-refractivity contribution in [2.75, 3.05) is 26.3 Å². The van der Waals surface area contributed by atoms with E-state index in [4.69, 9.17) is 13.9 Å². The molecule has 0 amide bonds. The molecule has 2 aromatic rings. The molecule has 0 bridgehead atoms. The van der Waals surface area contributed by atoms with Crippen LogP contribution in [0, 0.1) is 12.3 Å². The zero-order valence-electron chi connectivity index (χ0n) is 15.5. The van der Waals surface area contributed by atoms with Gasteiger partial charge in [0.25, 0.3) is 0 Å². The third-order valence-electron chi connectivity index (χ3n) is 5.70. The molecule has 5 nitrogen and oxygen atoms in total. The van der Waals surface area contributed by atoms with Crippen LogP contribution >= 0.6 is 0 Å². The SMILES string of the molecule is Cc1ccc(CN2CCC3(CC2)CO[C@@H](COCc2ccncc2)C3)o1. The van der Waals surface area contributed by atoms with Gasteiger partial charge < -0.3 is 13.9 Å². The molecule has 4 rings (SSSR count). The summed E-state index contributed by atoms with van der Waals surface area (Å²) in [4.78, 5) is 6.53. The van der Waals surface area contributed by atoms with E-state index >= 15 is 0 Å². The van der Waals surface area contributed by atoms with Gasteiger partial charge >= 0.3 is 0 Å². The first kappa shape index (κ1) is 17.7. The smallest absolute Gasteiger partial charge is 0.118 e. The Labute approximate surface area is 155 Å². The van der Waals surface area contributed by atoms with Gasteiger partial charge in [-0.15, -0.1) is 0 Å². The molecule has 0 saturated carbocycles. The van der Waals surface area contributed by atoms with Crippen LogP contribution in [0.3, 0.4) is 0 Å². The molecule has 0 N–H and O–H groups in total. The van der Waals surface area contributed by atoms with Crippen molar-refractivity contribution in [1.29, 1.82) is 0 Å². The van der Waals surface area contributed by atoms with Gasteiger partial charge in [-0.3, -0.25) is 9.88 Å². The van der Waals surface area contributed by atoms with Gasteiger partial charge in [0, 0.05) is 12.4 Å². The normalized spacial score (nSPS) is 22.9. The number of nitrogens with zero attached hydrogens (tertiary/aromatic N) is 2. The van der Waals surface area contributed by atoms with Crippen LogP contribution in [0.2, 0.25) is 0 Å². The third kappa shape index (κ3) is 4.34. The largest absolute Gasteiger partial charge is 0.465 e. The Morgan fingerprint density at radius 3 is 2.73 bits per heavy atom. The Bertz CT molecular complexity index is 692. The fourth-order valence-corrected chi connectivity index (χ4v) is 4.11. The molecular weight excluding hydrogens is 328 g/mol. The average Bonchev–Trinajstić information content (AvgIpc) is 3.25. The minimum Gasteiger partial charge on any atom is -0.465 e. The van der Waals surface area contributed by atoms with Crippen molar-refractivity contribution in [2.45, 2.75) is 45.4 Å². The molecule has 140 valence electrons. The van der Waals surface area contributed by atoms with E-state index in [-0.39, 0.29) is 6.10 Å². The van der Waals surface area contributed by atoms with Crippen molar-refractivity contribution in [3.63, 3.8) is 0 Å². The van der Waals surface area contributed by atoms with E-state index in [1.807, 2.05) is 25.1 Å². The number of pyridine rings is 1. The van der Waals surface area contributed by atoms with E-state index in [0.717, 1.165) is 49.7 Å². The maximum Gasteiger partial charge on any atom is 0.118 e. The second-order valence-electron chi connectivity index (χ2n) is 7.80. The fourth-order valence-electron chi connectivity index (χ4n) is 4.11. The predicted octanol–water partition coefficient (Wildman–Crippen LogP) is 3.57. The van der Waals surface area contributed by atoms with Gasteiger partial charge in [0.2, 0.25) is 0 Å². The van der Waals surface area contributed by atoms with Crippen LogP contribution in [0.5, 0.6) is 0 Å². The van der Waals surface area contributed by atoms with Crippen LogP contribution in [0.25, 0.3) is 0 Å². The van der Waals surface area contributed by atoms with Crippen LogP contribution in [-0.2, 0) is 22.6 Å². The topological polar surface area (TPSA) is 47.7 Å². The van der Waals surface area contributed by atoms with Crippen molar-refractivity contribution in [3.05, 3.63) is 53.7 Å². The number of ether oxygens (including phenoxy) is 2. The quantitative estimate of drug-likeness (QED) is 0.792. The van der Waals surface area contributed by atoms with Gasteiger partial charge in [0.15, 0.2) is 0 Å². The Morgan fingerprint density at radius 1 is 1.19 bits per heavy atom. The molecule has 0 unspecified atom stereocenters. The van der Waals surface area contributed by atoms with Gasteiger partial charge in [0.1, 0.15) is 11.5 Å². The van der Waals surface area contributed by atoms with Gasteiger partial charge in [0.05, 0.1) is 32.5 Å². The first-order valence-corrected chi connectivity index (χ1v) is 9.57. The number of piperidine rings is 1. The van der Waals surface area contributed by atoms with Gasteiger partial charge in [-0.2, -0.15) is 0 Å². The van der Waals surface area contributed by atoms with E-state index < -0.39 is 0 Å². The summed E-state index contributed by atoms with van der Waals surface area (Å²) >= 11 is 0. The highest BCUT2D eigenvalue weighted by molar-refractivity contribution is 5.08. The summed E-state index contributed by atoms with van der Waals surface area (Å²) in [6.45, 7) is 7.35. The number of aryl methyl sites for hydroxylation is 1. The highest BCUT2D eigenvalue weighted by Crippen LogP contribution is 2.42. The first-order chi connectivity index (χ1) is 12.7. The Balaban J connectivity index is 1.20. The molecule has 2 aromatic heterocycles. The zero-order valence-corrected chi connectivity index (χ0v) is 15.5. The molecule has 0 aromatic carbocycles. The van der Waals surface area contributed by atoms with Crippen LogP contribution < -0.4 is 0 Å². The summed E-state index contributed by atoms with van der Waals surface area (Å²) in [6, 6.07) is 8.12. The van der Waals surface area contributed by atoms with Gasteiger partial charge in [-0.05, 0) is 74.5 Å². The van der Waals surface area contributed by atoms with Gasteiger partial charge in [-0.25, -0.2) is 0 Å². The molecular formula is C21H28N2O3. The highest BCUT2D eigenvalue weighted by Gasteiger charge is 2.42. The number of aromatic nitrogens is 1. The molecule has 4 heterocycles. The molecule has 1 atom stereocenters. The number of likely N-dealkylation sites (tertiary alicyclic amines) is 1. The monoisotopic (exact) mass is 356 g/mol. The van der Waals surface area contributed by atoms with Crippen LogP contribution in [0.4, 0.5) is 0 Å². The summed E-state index contributed by atoms with van der Waals surface area (Å²) in [5.74, 6) is 2.07. The molecule has 5 heteroatoms. The second-order valence-corrected chi connectivity index (χ2v) is 7.80. The molecule has 0 radical (unpaired) electrons. The average molecular weight is 356 g/mol. The zero-order chi connectivity index (χ0) is 17.8.